The van der Waals surface area contributed by atoms with Crippen LogP contribution in [0, 0.1) is 11.3 Å². The van der Waals surface area contributed by atoms with Crippen LogP contribution in [0.5, 0.6) is 0 Å². The number of hydrogen-bond donors (Lipinski definition) is 2. The van der Waals surface area contributed by atoms with Gasteiger partial charge >= 0.3 is 5.97 Å². The number of dihydropyridines is 1. The maximum absolute atomic E-state index is 13.4. The molecule has 0 fully saturated rings. The molecule has 8 heteroatoms. The number of nitrogens with one attached hydrogen (secondary N) is 2. The van der Waals surface area contributed by atoms with Crippen molar-refractivity contribution in [2.24, 2.45) is 0 Å². The Morgan fingerprint density at radius 3 is 2.41 bits per heavy atom. The van der Waals surface area contributed by atoms with Gasteiger partial charge in [-0.05, 0) is 53.1 Å². The summed E-state index contributed by atoms with van der Waals surface area (Å²) in [5.41, 5.74) is 3.49. The summed E-state index contributed by atoms with van der Waals surface area (Å²) in [5, 5.41) is 19.6. The number of thioether (sulfide) groups is 1. The van der Waals surface area contributed by atoms with Gasteiger partial charge in [0.1, 0.15) is 6.61 Å². The molecule has 5 rings (SSSR count). The van der Waals surface area contributed by atoms with Crippen LogP contribution in [0.4, 0.5) is 5.69 Å². The van der Waals surface area contributed by atoms with Gasteiger partial charge in [0, 0.05) is 16.4 Å². The molecule has 1 aliphatic rings. The van der Waals surface area contributed by atoms with Crippen LogP contribution in [0.15, 0.2) is 119 Å². The first-order chi connectivity index (χ1) is 19.9. The predicted molar refractivity (Wildman–Crippen MR) is 164 cm³/mol. The molecule has 1 atom stereocenters. The smallest absolute Gasteiger partial charge is 0.337 e. The van der Waals surface area contributed by atoms with Crippen molar-refractivity contribution in [1.29, 1.82) is 5.26 Å². The number of allylic oxidation sites excluding steroid dienone is 2. The molecule has 204 valence electrons. The number of nitrogens with zero attached hydrogens (tertiary/aromatic N) is 1. The van der Waals surface area contributed by atoms with Crippen molar-refractivity contribution in [3.63, 3.8) is 0 Å². The van der Waals surface area contributed by atoms with E-state index < -0.39 is 11.9 Å². The highest BCUT2D eigenvalue weighted by atomic mass is 35.5. The van der Waals surface area contributed by atoms with E-state index >= 15 is 0 Å². The molecule has 0 radical (unpaired) electrons. The number of carbonyl (C=O) groups excluding carboxylic acids is 2. The normalized spacial score (nSPS) is 14.8. The van der Waals surface area contributed by atoms with Gasteiger partial charge < -0.3 is 15.4 Å². The number of halogens is 1. The first kappa shape index (κ1) is 28.0. The lowest BCUT2D eigenvalue weighted by atomic mass is 9.82. The number of benzene rings is 4. The molecular weight excluding hydrogens is 554 g/mol. The SMILES string of the molecule is CC1=C(C(=O)OCc2ccccc2)C(c2ccc(Cl)cc2)C(C#N)=C(SCC(=O)Nc2ccc3ccccc3c2)N1. The summed E-state index contributed by atoms with van der Waals surface area (Å²) in [7, 11) is 0. The molecule has 0 saturated carbocycles. The molecule has 0 spiro atoms. The monoisotopic (exact) mass is 579 g/mol. The largest absolute Gasteiger partial charge is 0.457 e. The molecule has 4 aromatic carbocycles. The fourth-order valence-corrected chi connectivity index (χ4v) is 5.71. The maximum atomic E-state index is 13.4. The van der Waals surface area contributed by atoms with Crippen LogP contribution in [0.25, 0.3) is 10.8 Å². The third kappa shape index (κ3) is 6.63. The van der Waals surface area contributed by atoms with E-state index in [-0.39, 0.29) is 18.3 Å². The average molecular weight is 580 g/mol. The minimum absolute atomic E-state index is 0.0642. The Bertz CT molecular complexity index is 1710. The van der Waals surface area contributed by atoms with Crippen LogP contribution in [-0.4, -0.2) is 17.6 Å². The summed E-state index contributed by atoms with van der Waals surface area (Å²) < 4.78 is 5.67. The Kier molecular flexibility index (Phi) is 8.73. The first-order valence-electron chi connectivity index (χ1n) is 12.9. The quantitative estimate of drug-likeness (QED) is 0.213. The van der Waals surface area contributed by atoms with E-state index in [9.17, 15) is 14.9 Å². The summed E-state index contributed by atoms with van der Waals surface area (Å²) in [6, 6.07) is 32.4. The fraction of sp³-hybridized carbons (Fsp3) is 0.121. The maximum Gasteiger partial charge on any atom is 0.337 e. The van der Waals surface area contributed by atoms with Gasteiger partial charge in [0.25, 0.3) is 0 Å². The van der Waals surface area contributed by atoms with Crippen LogP contribution in [0.1, 0.15) is 24.0 Å². The molecule has 0 aromatic heterocycles. The third-order valence-electron chi connectivity index (χ3n) is 6.66. The van der Waals surface area contributed by atoms with E-state index in [4.69, 9.17) is 16.3 Å². The molecule has 1 amide bonds. The van der Waals surface area contributed by atoms with Gasteiger partial charge in [-0.1, -0.05) is 96.2 Å². The summed E-state index contributed by atoms with van der Waals surface area (Å²) >= 11 is 7.35. The number of rotatable bonds is 8. The molecule has 1 aliphatic heterocycles. The van der Waals surface area contributed by atoms with Gasteiger partial charge in [-0.2, -0.15) is 5.26 Å². The minimum Gasteiger partial charge on any atom is -0.457 e. The van der Waals surface area contributed by atoms with Gasteiger partial charge in [-0.15, -0.1) is 0 Å². The van der Waals surface area contributed by atoms with Gasteiger partial charge in [0.2, 0.25) is 5.91 Å². The average Bonchev–Trinajstić information content (AvgIpc) is 2.99. The standard InChI is InChI=1S/C33H26ClN3O3S/c1-21-30(33(39)40-19-22-7-3-2-4-8-22)31(24-11-14-26(34)15-12-24)28(18-35)32(36-21)41-20-29(38)37-27-16-13-23-9-5-6-10-25(23)17-27/h2-17,31,36H,19-20H2,1H3,(H,37,38). The first-order valence-corrected chi connectivity index (χ1v) is 14.3. The third-order valence-corrected chi connectivity index (χ3v) is 7.93. The summed E-state index contributed by atoms with van der Waals surface area (Å²) in [4.78, 5) is 26.3. The Labute approximate surface area is 247 Å². The highest BCUT2D eigenvalue weighted by molar-refractivity contribution is 8.03. The number of nitriles is 1. The number of hydrogen-bond acceptors (Lipinski definition) is 6. The molecule has 0 bridgehead atoms. The number of amides is 1. The lowest BCUT2D eigenvalue weighted by Gasteiger charge is -2.29. The number of esters is 1. The number of anilines is 1. The topological polar surface area (TPSA) is 91.2 Å². The zero-order chi connectivity index (χ0) is 28.8. The summed E-state index contributed by atoms with van der Waals surface area (Å²) in [5.74, 6) is -1.36. The minimum atomic E-state index is -0.687. The van der Waals surface area contributed by atoms with E-state index in [1.807, 2.05) is 72.8 Å². The molecule has 1 heterocycles. The molecule has 6 nitrogen and oxygen atoms in total. The summed E-state index contributed by atoms with van der Waals surface area (Å²) in [6.07, 6.45) is 0. The zero-order valence-corrected chi connectivity index (χ0v) is 23.8. The molecule has 1 unspecified atom stereocenters. The Hall–Kier alpha value is -4.51. The number of ether oxygens (including phenoxy) is 1. The fourth-order valence-electron chi connectivity index (χ4n) is 4.69. The van der Waals surface area contributed by atoms with Gasteiger partial charge in [0.15, 0.2) is 0 Å². The molecular formula is C33H26ClN3O3S. The van der Waals surface area contributed by atoms with Gasteiger partial charge in [-0.3, -0.25) is 4.79 Å². The van der Waals surface area contributed by atoms with E-state index in [1.165, 1.54) is 11.8 Å². The highest BCUT2D eigenvalue weighted by Crippen LogP contribution is 2.41. The van der Waals surface area contributed by atoms with Crippen LogP contribution in [-0.2, 0) is 20.9 Å². The molecule has 0 saturated heterocycles. The van der Waals surface area contributed by atoms with Crippen molar-refractivity contribution >= 4 is 51.7 Å². The van der Waals surface area contributed by atoms with Crippen LogP contribution in [0.2, 0.25) is 5.02 Å². The number of carbonyl (C=O) groups is 2. The van der Waals surface area contributed by atoms with Gasteiger partial charge in [-0.25, -0.2) is 4.79 Å². The van der Waals surface area contributed by atoms with Crippen molar-refractivity contribution in [2.75, 3.05) is 11.1 Å². The van der Waals surface area contributed by atoms with E-state index in [2.05, 4.69) is 16.7 Å². The molecule has 4 aromatic rings. The Morgan fingerprint density at radius 2 is 1.68 bits per heavy atom. The number of fused-ring (bicyclic) bond motifs is 1. The van der Waals surface area contributed by atoms with Crippen molar-refractivity contribution in [3.8, 4) is 6.07 Å². The van der Waals surface area contributed by atoms with Crippen molar-refractivity contribution in [3.05, 3.63) is 135 Å². The zero-order valence-electron chi connectivity index (χ0n) is 22.2. The Morgan fingerprint density at radius 1 is 0.976 bits per heavy atom. The summed E-state index contributed by atoms with van der Waals surface area (Å²) in [6.45, 7) is 1.87. The van der Waals surface area contributed by atoms with E-state index in [0.717, 1.165) is 21.9 Å². The highest BCUT2D eigenvalue weighted by Gasteiger charge is 2.35. The molecule has 41 heavy (non-hydrogen) atoms. The second-order valence-corrected chi connectivity index (χ2v) is 10.9. The van der Waals surface area contributed by atoms with Crippen LogP contribution < -0.4 is 10.6 Å². The van der Waals surface area contributed by atoms with Crippen LogP contribution >= 0.6 is 23.4 Å². The lowest BCUT2D eigenvalue weighted by Crippen LogP contribution is -2.29. The van der Waals surface area contributed by atoms with Gasteiger partial charge in [0.05, 0.1) is 33.9 Å². The van der Waals surface area contributed by atoms with Crippen LogP contribution in [0.3, 0.4) is 0 Å². The second kappa shape index (κ2) is 12.8. The Balaban J connectivity index is 1.37. The molecule has 0 aliphatic carbocycles. The van der Waals surface area contributed by atoms with E-state index in [1.54, 1.807) is 31.2 Å². The second-order valence-electron chi connectivity index (χ2n) is 9.46. The van der Waals surface area contributed by atoms with E-state index in [0.29, 0.717) is 32.6 Å². The van der Waals surface area contributed by atoms with Crippen molar-refractivity contribution < 1.29 is 14.3 Å². The predicted octanol–water partition coefficient (Wildman–Crippen LogP) is 7.30. The van der Waals surface area contributed by atoms with Crippen molar-refractivity contribution in [1.82, 2.24) is 5.32 Å². The van der Waals surface area contributed by atoms with Crippen molar-refractivity contribution in [2.45, 2.75) is 19.4 Å². The molecule has 2 N–H and O–H groups in total. The lowest BCUT2D eigenvalue weighted by molar-refractivity contribution is -0.140.